The molecule has 0 radical (unpaired) electrons. The lowest BCUT2D eigenvalue weighted by molar-refractivity contribution is -0.184. The highest BCUT2D eigenvalue weighted by atomic mass is 32.2. The number of fused-ring (bicyclic) bond motifs is 3. The normalized spacial score (nSPS) is 28.9. The van der Waals surface area contributed by atoms with Crippen LogP contribution in [0.3, 0.4) is 0 Å². The predicted molar refractivity (Wildman–Crippen MR) is 202 cm³/mol. The number of benzene rings is 1. The molecule has 4 aliphatic rings. The Morgan fingerprint density at radius 3 is 2.49 bits per heavy atom. The highest BCUT2D eigenvalue weighted by molar-refractivity contribution is 7.91. The fourth-order valence-electron chi connectivity index (χ4n) is 8.07. The van der Waals surface area contributed by atoms with Crippen LogP contribution in [0.1, 0.15) is 79.1 Å². The minimum Gasteiger partial charge on any atom is -0.491 e. The van der Waals surface area contributed by atoms with Crippen LogP contribution in [-0.4, -0.2) is 106 Å². The summed E-state index contributed by atoms with van der Waals surface area (Å²) in [5.74, 6) is -3.87. The number of rotatable bonds is 10. The Morgan fingerprint density at radius 1 is 1.14 bits per heavy atom. The summed E-state index contributed by atoms with van der Waals surface area (Å²) in [7, 11) is -4.01. The Kier molecular flexibility index (Phi) is 12.0. The van der Waals surface area contributed by atoms with Crippen molar-refractivity contribution in [1.29, 1.82) is 0 Å². The standard InChI is InChI=1S/C39H50F3N5O9S/c1-5-16-55-31-20-43-34(29-13-9-8-12-28(29)31)56-26-18-30-33(48)44-38(36(50)45-57(53,54)27-14-15-27)19-25(38)11-7-6-10-22(2)17-23(3)32(35(49)46(30)21-26)47(37(51)52)24(4)39(40,41)42/h7-9,11-13,20,22-27,30,32H,5-6,10,14-19,21H2,1-4H3,(H,44,48)(H,45,50)(H,51,52)/t22-,23-,24-,25-,26-,30+,32+,38-/m1/s1. The number of nitrogens with zero attached hydrogens (tertiary/aromatic N) is 3. The molecule has 0 unspecified atom stereocenters. The highest BCUT2D eigenvalue weighted by Gasteiger charge is 2.62. The first-order valence-electron chi connectivity index (χ1n) is 19.5. The molecule has 14 nitrogen and oxygen atoms in total. The Morgan fingerprint density at radius 2 is 1.84 bits per heavy atom. The van der Waals surface area contributed by atoms with Gasteiger partial charge in [0.05, 0.1) is 24.6 Å². The number of hydrogen-bond donors (Lipinski definition) is 3. The third kappa shape index (κ3) is 8.94. The van der Waals surface area contributed by atoms with Crippen LogP contribution in [0.15, 0.2) is 42.6 Å². The maximum absolute atomic E-state index is 14.9. The topological polar surface area (TPSA) is 185 Å². The lowest BCUT2D eigenvalue weighted by Gasteiger charge is -2.40. The number of pyridine rings is 1. The van der Waals surface area contributed by atoms with E-state index in [0.717, 1.165) is 11.3 Å². The molecule has 2 saturated carbocycles. The average molecular weight is 822 g/mol. The van der Waals surface area contributed by atoms with E-state index in [4.69, 9.17) is 9.47 Å². The second kappa shape index (κ2) is 16.3. The van der Waals surface area contributed by atoms with Crippen LogP contribution in [0.25, 0.3) is 10.8 Å². The summed E-state index contributed by atoms with van der Waals surface area (Å²) in [6.45, 7) is 6.10. The molecular formula is C39H50F3N5O9S. The molecule has 1 aromatic carbocycles. The zero-order valence-corrected chi connectivity index (χ0v) is 33.1. The molecule has 4 amide bonds. The van der Waals surface area contributed by atoms with Gasteiger partial charge in [-0.3, -0.25) is 24.0 Å². The molecule has 2 aliphatic heterocycles. The van der Waals surface area contributed by atoms with Crippen molar-refractivity contribution in [2.75, 3.05) is 13.2 Å². The van der Waals surface area contributed by atoms with Gasteiger partial charge in [0, 0.05) is 23.1 Å². The third-order valence-electron chi connectivity index (χ3n) is 11.4. The Labute approximate surface area is 329 Å². The molecule has 2 aromatic rings. The van der Waals surface area contributed by atoms with E-state index in [2.05, 4.69) is 15.0 Å². The molecule has 57 heavy (non-hydrogen) atoms. The number of nitrogens with one attached hydrogen (secondary N) is 2. The van der Waals surface area contributed by atoms with E-state index in [1.807, 2.05) is 26.0 Å². The van der Waals surface area contributed by atoms with Crippen molar-refractivity contribution < 1.29 is 55.3 Å². The fraction of sp³-hybridized carbons (Fsp3) is 0.615. The number of carbonyl (C=O) groups is 4. The maximum Gasteiger partial charge on any atom is 0.408 e. The van der Waals surface area contributed by atoms with Crippen molar-refractivity contribution >= 4 is 44.6 Å². The number of carbonyl (C=O) groups excluding carboxylic acids is 3. The summed E-state index contributed by atoms with van der Waals surface area (Å²) in [4.78, 5) is 61.4. The largest absolute Gasteiger partial charge is 0.491 e. The summed E-state index contributed by atoms with van der Waals surface area (Å²) in [5, 5.41) is 13.5. The quantitative estimate of drug-likeness (QED) is 0.271. The first-order valence-corrected chi connectivity index (χ1v) is 21.0. The van der Waals surface area contributed by atoms with E-state index in [1.165, 1.54) is 13.1 Å². The Bertz CT molecular complexity index is 2010. The van der Waals surface area contributed by atoms with Crippen molar-refractivity contribution in [1.82, 2.24) is 24.8 Å². The van der Waals surface area contributed by atoms with E-state index < -0.39 is 86.9 Å². The van der Waals surface area contributed by atoms with Gasteiger partial charge in [-0.1, -0.05) is 51.1 Å². The molecular weight excluding hydrogens is 772 g/mol. The first kappa shape index (κ1) is 42.0. The molecule has 312 valence electrons. The van der Waals surface area contributed by atoms with Gasteiger partial charge in [0.1, 0.15) is 35.5 Å². The molecule has 3 fully saturated rings. The van der Waals surface area contributed by atoms with Gasteiger partial charge in [-0.15, -0.1) is 0 Å². The molecule has 2 aliphatic carbocycles. The second-order valence-corrected chi connectivity index (χ2v) is 17.9. The number of hydrogen-bond acceptors (Lipinski definition) is 9. The van der Waals surface area contributed by atoms with Crippen LogP contribution < -0.4 is 19.5 Å². The minimum absolute atomic E-state index is 0.0648. The second-order valence-electron chi connectivity index (χ2n) is 15.9. The lowest BCUT2D eigenvalue weighted by Crippen LogP contribution is -2.62. The fourth-order valence-corrected chi connectivity index (χ4v) is 9.44. The number of halogens is 3. The van der Waals surface area contributed by atoms with E-state index in [1.54, 1.807) is 24.3 Å². The number of ether oxygens (including phenoxy) is 2. The van der Waals surface area contributed by atoms with Gasteiger partial charge in [0.2, 0.25) is 27.7 Å². The predicted octanol–water partition coefficient (Wildman–Crippen LogP) is 5.17. The van der Waals surface area contributed by atoms with Crippen LogP contribution in [0.2, 0.25) is 0 Å². The van der Waals surface area contributed by atoms with Gasteiger partial charge in [-0.05, 0) is 69.8 Å². The van der Waals surface area contributed by atoms with E-state index in [0.29, 0.717) is 55.7 Å². The smallest absolute Gasteiger partial charge is 0.408 e. The van der Waals surface area contributed by atoms with E-state index >= 15 is 0 Å². The van der Waals surface area contributed by atoms with Gasteiger partial charge in [-0.25, -0.2) is 18.2 Å². The number of alkyl halides is 3. The van der Waals surface area contributed by atoms with Crippen molar-refractivity contribution in [2.45, 2.75) is 120 Å². The summed E-state index contributed by atoms with van der Waals surface area (Å²) in [5.41, 5.74) is -1.69. The Balaban J connectivity index is 1.40. The van der Waals surface area contributed by atoms with Gasteiger partial charge in [0.15, 0.2) is 0 Å². The zero-order valence-electron chi connectivity index (χ0n) is 32.3. The number of amides is 4. The van der Waals surface area contributed by atoms with E-state index in [9.17, 15) is 45.9 Å². The molecule has 3 N–H and O–H groups in total. The van der Waals surface area contributed by atoms with Crippen molar-refractivity contribution in [3.05, 3.63) is 42.6 Å². The van der Waals surface area contributed by atoms with E-state index in [-0.39, 0.29) is 42.5 Å². The molecule has 3 heterocycles. The van der Waals surface area contributed by atoms with Gasteiger partial charge >= 0.3 is 12.3 Å². The third-order valence-corrected chi connectivity index (χ3v) is 13.3. The van der Waals surface area contributed by atoms with Crippen LogP contribution in [0.4, 0.5) is 18.0 Å². The Hall–Kier alpha value is -4.61. The molecule has 0 spiro atoms. The minimum atomic E-state index is -5.03. The summed E-state index contributed by atoms with van der Waals surface area (Å²) >= 11 is 0. The van der Waals surface area contributed by atoms with Crippen LogP contribution >= 0.6 is 0 Å². The molecule has 8 atom stereocenters. The SMILES string of the molecule is CCCOc1cnc(O[C@@H]2C[C@H]3C(=O)N[C@]4(C(=O)NS(=O)(=O)C5CC5)C[C@H]4C=CCC[C@@H](C)C[C@@H](C)[C@H](N(C(=O)O)[C@H](C)C(F)(F)F)C(=O)N3C2)c2ccccc12. The maximum atomic E-state index is 14.9. The molecule has 0 bridgehead atoms. The van der Waals surface area contributed by atoms with Crippen LogP contribution in [0.5, 0.6) is 11.6 Å². The lowest BCUT2D eigenvalue weighted by atomic mass is 9.86. The van der Waals surface area contributed by atoms with Gasteiger partial charge < -0.3 is 24.8 Å². The number of allylic oxidation sites excluding steroid dienone is 1. The zero-order chi connectivity index (χ0) is 41.4. The number of aromatic nitrogens is 1. The van der Waals surface area contributed by atoms with Gasteiger partial charge in [-0.2, -0.15) is 13.2 Å². The number of carboxylic acid groups (broad SMARTS) is 1. The van der Waals surface area contributed by atoms with Crippen LogP contribution in [-0.2, 0) is 24.4 Å². The van der Waals surface area contributed by atoms with Crippen molar-refractivity contribution in [3.8, 4) is 11.6 Å². The summed E-state index contributed by atoms with van der Waals surface area (Å²) in [6, 6.07) is 1.24. The first-order chi connectivity index (χ1) is 26.9. The monoisotopic (exact) mass is 821 g/mol. The molecule has 18 heteroatoms. The molecule has 1 aromatic heterocycles. The van der Waals surface area contributed by atoms with Crippen LogP contribution in [0, 0.1) is 17.8 Å². The average Bonchev–Trinajstić information content (AvgIpc) is 4.07. The molecule has 1 saturated heterocycles. The molecule has 6 rings (SSSR count). The van der Waals surface area contributed by atoms with Crippen molar-refractivity contribution in [3.63, 3.8) is 0 Å². The highest BCUT2D eigenvalue weighted by Crippen LogP contribution is 2.46. The van der Waals surface area contributed by atoms with Gasteiger partial charge in [0.25, 0.3) is 5.91 Å². The van der Waals surface area contributed by atoms with Crippen molar-refractivity contribution in [2.24, 2.45) is 17.8 Å². The summed E-state index contributed by atoms with van der Waals surface area (Å²) < 4.78 is 83.0. The number of sulfonamides is 1. The summed E-state index contributed by atoms with van der Waals surface area (Å²) in [6.07, 6.45) is -0.359.